The van der Waals surface area contributed by atoms with Gasteiger partial charge in [-0.2, -0.15) is 0 Å². The fourth-order valence-electron chi connectivity index (χ4n) is 8.79. The summed E-state index contributed by atoms with van der Waals surface area (Å²) in [4.78, 5) is 56.6. The first kappa shape index (κ1) is 43.0. The molecule has 5 heterocycles. The molecule has 2 aliphatic carbocycles. The van der Waals surface area contributed by atoms with E-state index in [0.29, 0.717) is 83.8 Å². The standard InChI is InChI=1S/C43H55ClN6O8S2/c1-7-25-20-43(25,41(53)48-60(54,55)26-8-9-26)21-32(51)30-19-35(31-22-45-38(42(4,5)6)40(52)50(30)31)58-34-18-28(39-47-29(23-59-39)24(2)3)46-37-27(34)10-11-33(36(37)44)57-17-14-49-12-15-56-16-13-49/h7,10-11,18,23-26,30-31,35,38,45H,1,8-9,12-17,19-22H2,2-6H3,(H,48,53)/t25-,30+,31-,35-,38+,43-/m1/s1. The Morgan fingerprint density at radius 1 is 1.18 bits per heavy atom. The van der Waals surface area contributed by atoms with E-state index in [9.17, 15) is 22.8 Å². The summed E-state index contributed by atoms with van der Waals surface area (Å²) >= 11 is 8.59. The number of pyridine rings is 1. The number of carbonyl (C=O) groups is 3. The summed E-state index contributed by atoms with van der Waals surface area (Å²) < 4.78 is 46.6. The molecule has 3 aromatic rings. The molecular weight excluding hydrogens is 828 g/mol. The van der Waals surface area contributed by atoms with Crippen molar-refractivity contribution in [2.24, 2.45) is 16.7 Å². The number of Topliss-reactive ketones (excluding diaryl/α,β-unsaturated/α-hetero) is 1. The van der Waals surface area contributed by atoms with E-state index in [1.54, 1.807) is 11.0 Å². The minimum Gasteiger partial charge on any atom is -0.491 e. The monoisotopic (exact) mass is 882 g/mol. The Kier molecular flexibility index (Phi) is 11.9. The van der Waals surface area contributed by atoms with E-state index >= 15 is 0 Å². The molecule has 3 aliphatic heterocycles. The van der Waals surface area contributed by atoms with Gasteiger partial charge in [0.05, 0.1) is 53.2 Å². The van der Waals surface area contributed by atoms with Gasteiger partial charge in [0.2, 0.25) is 21.8 Å². The van der Waals surface area contributed by atoms with Crippen molar-refractivity contribution in [2.45, 2.75) is 102 Å². The van der Waals surface area contributed by atoms with Gasteiger partial charge in [-0.3, -0.25) is 24.0 Å². The molecule has 5 fully saturated rings. The van der Waals surface area contributed by atoms with Crippen molar-refractivity contribution in [1.82, 2.24) is 29.8 Å². The number of amides is 2. The zero-order valence-corrected chi connectivity index (χ0v) is 37.3. The van der Waals surface area contributed by atoms with Crippen LogP contribution < -0.4 is 19.5 Å². The lowest BCUT2D eigenvalue weighted by atomic mass is 9.84. The highest BCUT2D eigenvalue weighted by atomic mass is 35.5. The first-order valence-electron chi connectivity index (χ1n) is 21.0. The number of ketones is 1. The topological polar surface area (TPSA) is 169 Å². The third-order valence-electron chi connectivity index (χ3n) is 12.6. The molecule has 5 aliphatic rings. The predicted molar refractivity (Wildman–Crippen MR) is 230 cm³/mol. The molecule has 17 heteroatoms. The van der Waals surface area contributed by atoms with E-state index in [2.05, 4.69) is 35.4 Å². The molecule has 0 spiro atoms. The molecular formula is C43H55ClN6O8S2. The van der Waals surface area contributed by atoms with Crippen molar-refractivity contribution in [1.29, 1.82) is 0 Å². The van der Waals surface area contributed by atoms with Gasteiger partial charge in [-0.1, -0.05) is 52.3 Å². The second kappa shape index (κ2) is 16.6. The zero-order chi connectivity index (χ0) is 42.7. The fourth-order valence-corrected chi connectivity index (χ4v) is 11.4. The lowest BCUT2D eigenvalue weighted by Gasteiger charge is -2.43. The van der Waals surface area contributed by atoms with Crippen LogP contribution in [0.25, 0.3) is 21.6 Å². The molecule has 0 radical (unpaired) electrons. The summed E-state index contributed by atoms with van der Waals surface area (Å²) in [6, 6.07) is 3.51. The lowest BCUT2D eigenvalue weighted by Crippen LogP contribution is -2.66. The van der Waals surface area contributed by atoms with Crippen LogP contribution in [0.15, 0.2) is 36.2 Å². The number of hydrogen-bond donors (Lipinski definition) is 2. The van der Waals surface area contributed by atoms with Crippen molar-refractivity contribution < 1.29 is 37.0 Å². The number of aromatic nitrogens is 2. The SMILES string of the molecule is C=C[C@@H]1C[C@]1(CC(=O)[C@@H]1C[C@@H](Oc2cc(-c3nc(C(C)C)cs3)nc3c(Cl)c(OCCN4CCOCC4)ccc23)[C@H]2CN[C@H](C(C)(C)C)C(=O)N21)C(=O)NS(=O)(=O)C1CC1. The van der Waals surface area contributed by atoms with Gasteiger partial charge in [0.25, 0.3) is 0 Å². The summed E-state index contributed by atoms with van der Waals surface area (Å²) in [7, 11) is -3.84. The molecule has 324 valence electrons. The summed E-state index contributed by atoms with van der Waals surface area (Å²) in [5.41, 5.74) is 0.251. The van der Waals surface area contributed by atoms with Gasteiger partial charge in [-0.05, 0) is 48.6 Å². The largest absolute Gasteiger partial charge is 0.491 e. The minimum atomic E-state index is -3.84. The van der Waals surface area contributed by atoms with Crippen LogP contribution in [-0.4, -0.2) is 121 Å². The minimum absolute atomic E-state index is 0.162. The number of halogens is 1. The molecule has 3 saturated heterocycles. The first-order valence-corrected chi connectivity index (χ1v) is 23.8. The maximum Gasteiger partial charge on any atom is 0.241 e. The number of hydrogen-bond acceptors (Lipinski definition) is 13. The molecule has 2 N–H and O–H groups in total. The van der Waals surface area contributed by atoms with Gasteiger partial charge in [-0.25, -0.2) is 18.4 Å². The average Bonchev–Trinajstić information content (AvgIpc) is 4.10. The summed E-state index contributed by atoms with van der Waals surface area (Å²) in [6.45, 7) is 18.5. The molecule has 2 aromatic heterocycles. The summed E-state index contributed by atoms with van der Waals surface area (Å²) in [6.07, 6.45) is 2.19. The molecule has 0 bridgehead atoms. The second-order valence-electron chi connectivity index (χ2n) is 18.3. The molecule has 8 rings (SSSR count). The fraction of sp³-hybridized carbons (Fsp3) is 0.605. The van der Waals surface area contributed by atoms with E-state index in [1.807, 2.05) is 44.4 Å². The van der Waals surface area contributed by atoms with Gasteiger partial charge in [0.1, 0.15) is 39.9 Å². The molecule has 2 amide bonds. The van der Waals surface area contributed by atoms with Crippen molar-refractivity contribution in [2.75, 3.05) is 46.0 Å². The summed E-state index contributed by atoms with van der Waals surface area (Å²) in [5, 5.41) is 6.52. The number of rotatable bonds is 15. The maximum atomic E-state index is 14.6. The first-order chi connectivity index (χ1) is 28.5. The van der Waals surface area contributed by atoms with Crippen LogP contribution in [0.5, 0.6) is 11.5 Å². The van der Waals surface area contributed by atoms with Crippen molar-refractivity contribution in [3.8, 4) is 22.2 Å². The normalized spacial score (nSPS) is 27.2. The molecule has 1 aromatic carbocycles. The smallest absolute Gasteiger partial charge is 0.241 e. The number of fused-ring (bicyclic) bond motifs is 2. The third kappa shape index (κ3) is 8.44. The summed E-state index contributed by atoms with van der Waals surface area (Å²) in [5.74, 6) is -0.431. The molecule has 60 heavy (non-hydrogen) atoms. The number of morpholine rings is 1. The Morgan fingerprint density at radius 2 is 1.93 bits per heavy atom. The Balaban J connectivity index is 1.11. The van der Waals surface area contributed by atoms with Crippen molar-refractivity contribution >= 4 is 61.5 Å². The number of benzene rings is 1. The average molecular weight is 884 g/mol. The van der Waals surface area contributed by atoms with Gasteiger partial charge in [0.15, 0.2) is 5.78 Å². The quantitative estimate of drug-likeness (QED) is 0.188. The molecule has 0 unspecified atom stereocenters. The van der Waals surface area contributed by atoms with Gasteiger partial charge >= 0.3 is 0 Å². The Labute approximate surface area is 360 Å². The van der Waals surface area contributed by atoms with Gasteiger partial charge < -0.3 is 24.4 Å². The van der Waals surface area contributed by atoms with Crippen LogP contribution in [-0.2, 0) is 29.1 Å². The Morgan fingerprint density at radius 3 is 2.58 bits per heavy atom. The lowest BCUT2D eigenvalue weighted by molar-refractivity contribution is -0.147. The van der Waals surface area contributed by atoms with E-state index in [0.717, 1.165) is 25.3 Å². The highest BCUT2D eigenvalue weighted by Gasteiger charge is 2.62. The molecule has 14 nitrogen and oxygen atoms in total. The van der Waals surface area contributed by atoms with Crippen LogP contribution in [0.2, 0.25) is 5.02 Å². The number of carbonyl (C=O) groups excluding carboxylic acids is 3. The van der Waals surface area contributed by atoms with E-state index in [1.165, 1.54) is 11.3 Å². The number of nitrogens with one attached hydrogen (secondary N) is 2. The second-order valence-corrected chi connectivity index (χ2v) is 21.5. The molecule has 2 saturated carbocycles. The third-order valence-corrected chi connectivity index (χ3v) is 15.7. The highest BCUT2D eigenvalue weighted by molar-refractivity contribution is 7.90. The highest BCUT2D eigenvalue weighted by Crippen LogP contribution is 2.57. The van der Waals surface area contributed by atoms with Gasteiger partial charge in [0, 0.05) is 55.9 Å². The van der Waals surface area contributed by atoms with Crippen LogP contribution >= 0.6 is 22.9 Å². The van der Waals surface area contributed by atoms with Crippen molar-refractivity contribution in [3.63, 3.8) is 0 Å². The van der Waals surface area contributed by atoms with Gasteiger partial charge in [-0.15, -0.1) is 17.9 Å². The zero-order valence-electron chi connectivity index (χ0n) is 34.9. The maximum absolute atomic E-state index is 14.6. The number of sulfonamides is 1. The number of nitrogens with zero attached hydrogens (tertiary/aromatic N) is 4. The number of ether oxygens (including phenoxy) is 3. The predicted octanol–water partition coefficient (Wildman–Crippen LogP) is 5.34. The van der Waals surface area contributed by atoms with Crippen LogP contribution in [0.1, 0.15) is 78.3 Å². The van der Waals surface area contributed by atoms with Crippen LogP contribution in [0.4, 0.5) is 0 Å². The Bertz CT molecular complexity index is 2290. The number of allylic oxidation sites excluding steroid dienone is 1. The number of piperazine rings is 1. The molecule has 6 atom stereocenters. The van der Waals surface area contributed by atoms with Crippen LogP contribution in [0.3, 0.4) is 0 Å². The van der Waals surface area contributed by atoms with Crippen molar-refractivity contribution in [3.05, 3.63) is 47.0 Å². The Hall–Kier alpha value is -3.67. The van der Waals surface area contributed by atoms with E-state index in [-0.39, 0.29) is 36.4 Å². The van der Waals surface area contributed by atoms with E-state index < -0.39 is 56.2 Å². The number of thiazole rings is 1. The van der Waals surface area contributed by atoms with Crippen LogP contribution in [0, 0.1) is 16.7 Å². The van der Waals surface area contributed by atoms with E-state index in [4.69, 9.17) is 35.8 Å².